The van der Waals surface area contributed by atoms with E-state index in [2.05, 4.69) is 17.3 Å². The highest BCUT2D eigenvalue weighted by Crippen LogP contribution is 2.16. The molecule has 0 unspecified atom stereocenters. The van der Waals surface area contributed by atoms with Crippen molar-refractivity contribution in [2.24, 2.45) is 7.05 Å². The van der Waals surface area contributed by atoms with Crippen LogP contribution in [0.2, 0.25) is 0 Å². The van der Waals surface area contributed by atoms with E-state index in [1.54, 1.807) is 6.26 Å². The van der Waals surface area contributed by atoms with Gasteiger partial charge < -0.3 is 9.73 Å². The number of hydrogen-bond acceptors (Lipinski definition) is 3. The summed E-state index contributed by atoms with van der Waals surface area (Å²) >= 11 is 0. The average Bonchev–Trinajstić information content (AvgIpc) is 3.04. The van der Waals surface area contributed by atoms with Gasteiger partial charge in [0.15, 0.2) is 0 Å². The molecule has 1 N–H and O–H groups in total. The third-order valence-corrected chi connectivity index (χ3v) is 3.29. The van der Waals surface area contributed by atoms with Crippen LogP contribution >= 0.6 is 0 Å². The minimum atomic E-state index is -0.0743. The van der Waals surface area contributed by atoms with Gasteiger partial charge in [0, 0.05) is 7.05 Å². The SMILES string of the molecule is CCCc1nn(C)c(CC)c1C(=O)NCc1ccco1. The van der Waals surface area contributed by atoms with Crippen LogP contribution in [0.15, 0.2) is 22.8 Å². The van der Waals surface area contributed by atoms with Crippen molar-refractivity contribution >= 4 is 5.91 Å². The number of nitrogens with zero attached hydrogens (tertiary/aromatic N) is 2. The largest absolute Gasteiger partial charge is 0.467 e. The monoisotopic (exact) mass is 275 g/mol. The Morgan fingerprint density at radius 1 is 1.45 bits per heavy atom. The fourth-order valence-electron chi connectivity index (χ4n) is 2.37. The molecule has 0 aliphatic heterocycles. The predicted molar refractivity (Wildman–Crippen MR) is 76.5 cm³/mol. The standard InChI is InChI=1S/C15H21N3O2/c1-4-7-12-14(13(5-2)18(3)17-12)15(19)16-10-11-8-6-9-20-11/h6,8-9H,4-5,7,10H2,1-3H3,(H,16,19). The van der Waals surface area contributed by atoms with E-state index in [0.717, 1.165) is 42.0 Å². The number of rotatable bonds is 6. The molecule has 5 heteroatoms. The Labute approximate surface area is 119 Å². The van der Waals surface area contributed by atoms with Crippen molar-refractivity contribution in [2.45, 2.75) is 39.7 Å². The highest BCUT2D eigenvalue weighted by atomic mass is 16.3. The number of hydrogen-bond donors (Lipinski definition) is 1. The molecule has 0 bridgehead atoms. The highest BCUT2D eigenvalue weighted by Gasteiger charge is 2.20. The third-order valence-electron chi connectivity index (χ3n) is 3.29. The van der Waals surface area contributed by atoms with Crippen LogP contribution < -0.4 is 5.32 Å². The summed E-state index contributed by atoms with van der Waals surface area (Å²) in [5, 5.41) is 7.37. The molecular formula is C15H21N3O2. The van der Waals surface area contributed by atoms with Crippen molar-refractivity contribution in [2.75, 3.05) is 0 Å². The molecule has 0 saturated carbocycles. The van der Waals surface area contributed by atoms with E-state index in [1.807, 2.05) is 30.8 Å². The summed E-state index contributed by atoms with van der Waals surface area (Å²) in [5.74, 6) is 0.673. The Morgan fingerprint density at radius 2 is 2.25 bits per heavy atom. The molecule has 2 rings (SSSR count). The van der Waals surface area contributed by atoms with Crippen LogP contribution in [0.25, 0.3) is 0 Å². The maximum Gasteiger partial charge on any atom is 0.255 e. The van der Waals surface area contributed by atoms with Gasteiger partial charge in [-0.05, 0) is 25.0 Å². The quantitative estimate of drug-likeness (QED) is 0.881. The fourth-order valence-corrected chi connectivity index (χ4v) is 2.37. The van der Waals surface area contributed by atoms with E-state index in [0.29, 0.717) is 6.54 Å². The van der Waals surface area contributed by atoms with Crippen molar-refractivity contribution in [1.82, 2.24) is 15.1 Å². The average molecular weight is 275 g/mol. The van der Waals surface area contributed by atoms with Crippen LogP contribution in [0.5, 0.6) is 0 Å². The summed E-state index contributed by atoms with van der Waals surface area (Å²) in [6.07, 6.45) is 4.18. The number of carbonyl (C=O) groups excluding carboxylic acids is 1. The zero-order chi connectivity index (χ0) is 14.5. The Kier molecular flexibility index (Phi) is 4.61. The summed E-state index contributed by atoms with van der Waals surface area (Å²) in [6, 6.07) is 3.66. The first-order chi connectivity index (χ1) is 9.67. The van der Waals surface area contributed by atoms with Gasteiger partial charge in [0.05, 0.1) is 29.8 Å². The molecule has 0 fully saturated rings. The van der Waals surface area contributed by atoms with Gasteiger partial charge in [-0.1, -0.05) is 20.3 Å². The minimum absolute atomic E-state index is 0.0743. The van der Waals surface area contributed by atoms with Gasteiger partial charge in [0.2, 0.25) is 0 Å². The summed E-state index contributed by atoms with van der Waals surface area (Å²) in [7, 11) is 1.89. The van der Waals surface area contributed by atoms with Crippen LogP contribution in [-0.4, -0.2) is 15.7 Å². The smallest absolute Gasteiger partial charge is 0.255 e. The lowest BCUT2D eigenvalue weighted by Gasteiger charge is -2.06. The molecule has 0 aromatic carbocycles. The zero-order valence-electron chi connectivity index (χ0n) is 12.3. The Hall–Kier alpha value is -2.04. The zero-order valence-corrected chi connectivity index (χ0v) is 12.3. The van der Waals surface area contributed by atoms with Gasteiger partial charge in [0.25, 0.3) is 5.91 Å². The maximum absolute atomic E-state index is 12.4. The van der Waals surface area contributed by atoms with Gasteiger partial charge in [-0.15, -0.1) is 0 Å². The van der Waals surface area contributed by atoms with E-state index >= 15 is 0 Å². The lowest BCUT2D eigenvalue weighted by Crippen LogP contribution is -2.24. The Balaban J connectivity index is 2.18. The molecule has 2 aromatic heterocycles. The van der Waals surface area contributed by atoms with Crippen molar-refractivity contribution in [3.8, 4) is 0 Å². The second-order valence-corrected chi connectivity index (χ2v) is 4.76. The second kappa shape index (κ2) is 6.41. The minimum Gasteiger partial charge on any atom is -0.467 e. The normalized spacial score (nSPS) is 10.8. The van der Waals surface area contributed by atoms with Gasteiger partial charge in [-0.2, -0.15) is 5.10 Å². The molecule has 0 atom stereocenters. The predicted octanol–water partition coefficient (Wildman–Crippen LogP) is 2.46. The van der Waals surface area contributed by atoms with Crippen LogP contribution in [-0.2, 0) is 26.4 Å². The molecule has 0 saturated heterocycles. The molecule has 2 heterocycles. The van der Waals surface area contributed by atoms with E-state index in [1.165, 1.54) is 0 Å². The third kappa shape index (κ3) is 2.92. The van der Waals surface area contributed by atoms with Crippen LogP contribution in [0.3, 0.4) is 0 Å². The van der Waals surface area contributed by atoms with Gasteiger partial charge >= 0.3 is 0 Å². The first kappa shape index (κ1) is 14.4. The topological polar surface area (TPSA) is 60.1 Å². The van der Waals surface area contributed by atoms with Crippen molar-refractivity contribution in [3.05, 3.63) is 41.1 Å². The summed E-state index contributed by atoms with van der Waals surface area (Å²) < 4.78 is 7.04. The number of carbonyl (C=O) groups is 1. The summed E-state index contributed by atoms with van der Waals surface area (Å²) in [5.41, 5.74) is 2.58. The lowest BCUT2D eigenvalue weighted by atomic mass is 10.1. The number of furan rings is 1. The summed E-state index contributed by atoms with van der Waals surface area (Å²) in [6.45, 7) is 4.52. The number of aromatic nitrogens is 2. The van der Waals surface area contributed by atoms with E-state index < -0.39 is 0 Å². The van der Waals surface area contributed by atoms with E-state index in [4.69, 9.17) is 4.42 Å². The molecule has 20 heavy (non-hydrogen) atoms. The first-order valence-corrected chi connectivity index (χ1v) is 7.02. The van der Waals surface area contributed by atoms with Crippen molar-refractivity contribution in [1.29, 1.82) is 0 Å². The van der Waals surface area contributed by atoms with Crippen LogP contribution in [0, 0.1) is 0 Å². The fraction of sp³-hybridized carbons (Fsp3) is 0.467. The molecule has 0 spiro atoms. The lowest BCUT2D eigenvalue weighted by molar-refractivity contribution is 0.0946. The van der Waals surface area contributed by atoms with Crippen LogP contribution in [0.4, 0.5) is 0 Å². The van der Waals surface area contributed by atoms with Gasteiger partial charge in [-0.3, -0.25) is 9.48 Å². The number of aryl methyl sites for hydroxylation is 2. The number of amides is 1. The molecule has 2 aromatic rings. The second-order valence-electron chi connectivity index (χ2n) is 4.76. The highest BCUT2D eigenvalue weighted by molar-refractivity contribution is 5.96. The van der Waals surface area contributed by atoms with Gasteiger partial charge in [0.1, 0.15) is 5.76 Å². The molecular weight excluding hydrogens is 254 g/mol. The molecule has 5 nitrogen and oxygen atoms in total. The molecule has 108 valence electrons. The van der Waals surface area contributed by atoms with E-state index in [9.17, 15) is 4.79 Å². The molecule has 0 radical (unpaired) electrons. The van der Waals surface area contributed by atoms with Gasteiger partial charge in [-0.25, -0.2) is 0 Å². The van der Waals surface area contributed by atoms with Crippen molar-refractivity contribution < 1.29 is 9.21 Å². The molecule has 0 aliphatic rings. The molecule has 0 aliphatic carbocycles. The van der Waals surface area contributed by atoms with Crippen molar-refractivity contribution in [3.63, 3.8) is 0 Å². The van der Waals surface area contributed by atoms with E-state index in [-0.39, 0.29) is 5.91 Å². The Bertz CT molecular complexity index is 570. The maximum atomic E-state index is 12.4. The summed E-state index contributed by atoms with van der Waals surface area (Å²) in [4.78, 5) is 12.4. The number of nitrogens with one attached hydrogen (secondary N) is 1. The Morgan fingerprint density at radius 3 is 2.85 bits per heavy atom. The first-order valence-electron chi connectivity index (χ1n) is 7.02. The van der Waals surface area contributed by atoms with Crippen LogP contribution in [0.1, 0.15) is 47.8 Å². The molecule has 1 amide bonds.